The first-order valence-electron chi connectivity index (χ1n) is 5.00. The van der Waals surface area contributed by atoms with Crippen molar-refractivity contribution in [1.82, 2.24) is 5.32 Å². The molecular weight excluding hydrogens is 174 g/mol. The van der Waals surface area contributed by atoms with Crippen molar-refractivity contribution in [3.8, 4) is 0 Å². The fourth-order valence-corrected chi connectivity index (χ4v) is 1.63. The van der Waals surface area contributed by atoms with E-state index >= 15 is 0 Å². The molecule has 0 bridgehead atoms. The van der Waals surface area contributed by atoms with Crippen molar-refractivity contribution in [2.45, 2.75) is 26.5 Å². The Morgan fingerprint density at radius 3 is 2.57 bits per heavy atom. The zero-order valence-corrected chi connectivity index (χ0v) is 8.58. The lowest BCUT2D eigenvalue weighted by atomic mass is 10.2. The molecule has 1 N–H and O–H groups in total. The van der Waals surface area contributed by atoms with Crippen LogP contribution in [0, 0.1) is 0 Å². The van der Waals surface area contributed by atoms with Crippen LogP contribution in [0.4, 0.5) is 0 Å². The van der Waals surface area contributed by atoms with Crippen LogP contribution in [0.2, 0.25) is 0 Å². The summed E-state index contributed by atoms with van der Waals surface area (Å²) in [7, 11) is 0. The van der Waals surface area contributed by atoms with E-state index in [1.165, 1.54) is 0 Å². The third-order valence-electron chi connectivity index (χ3n) is 2.38. The van der Waals surface area contributed by atoms with Gasteiger partial charge in [-0.05, 0) is 6.92 Å². The molecule has 14 heavy (non-hydrogen) atoms. The van der Waals surface area contributed by atoms with Gasteiger partial charge in [0, 0.05) is 12.0 Å². The van der Waals surface area contributed by atoms with Gasteiger partial charge in [0.15, 0.2) is 6.23 Å². The highest BCUT2D eigenvalue weighted by molar-refractivity contribution is 5.63. The summed E-state index contributed by atoms with van der Waals surface area (Å²) in [5.41, 5.74) is 2.27. The van der Waals surface area contributed by atoms with Crippen LogP contribution in [0.1, 0.15) is 25.8 Å². The Balaban J connectivity index is 2.24. The quantitative estimate of drug-likeness (QED) is 0.772. The molecule has 0 saturated heterocycles. The van der Waals surface area contributed by atoms with Crippen LogP contribution in [0.3, 0.4) is 0 Å². The van der Waals surface area contributed by atoms with Gasteiger partial charge in [-0.1, -0.05) is 37.3 Å². The van der Waals surface area contributed by atoms with Gasteiger partial charge in [-0.3, -0.25) is 0 Å². The van der Waals surface area contributed by atoms with E-state index in [9.17, 15) is 0 Å². The van der Waals surface area contributed by atoms with Crippen LogP contribution >= 0.6 is 0 Å². The summed E-state index contributed by atoms with van der Waals surface area (Å²) < 4.78 is 5.78. The average molecular weight is 189 g/mol. The molecule has 0 amide bonds. The molecule has 0 aromatic heterocycles. The van der Waals surface area contributed by atoms with Gasteiger partial charge in [0.2, 0.25) is 0 Å². The van der Waals surface area contributed by atoms with E-state index in [4.69, 9.17) is 4.74 Å². The van der Waals surface area contributed by atoms with Gasteiger partial charge in [0.1, 0.15) is 5.76 Å². The van der Waals surface area contributed by atoms with Gasteiger partial charge in [-0.25, -0.2) is 0 Å². The van der Waals surface area contributed by atoms with Crippen LogP contribution < -0.4 is 5.32 Å². The number of hydrogen-bond acceptors (Lipinski definition) is 2. The van der Waals surface area contributed by atoms with Crippen molar-refractivity contribution >= 4 is 5.76 Å². The van der Waals surface area contributed by atoms with Crippen molar-refractivity contribution in [2.75, 3.05) is 0 Å². The maximum absolute atomic E-state index is 5.78. The summed E-state index contributed by atoms with van der Waals surface area (Å²) in [4.78, 5) is 0. The highest BCUT2D eigenvalue weighted by atomic mass is 16.5. The molecule has 1 atom stereocenters. The Kier molecular flexibility index (Phi) is 2.44. The Morgan fingerprint density at radius 1 is 1.29 bits per heavy atom. The highest BCUT2D eigenvalue weighted by Gasteiger charge is 2.20. The van der Waals surface area contributed by atoms with Crippen molar-refractivity contribution in [1.29, 1.82) is 0 Å². The predicted octanol–water partition coefficient (Wildman–Crippen LogP) is 2.73. The van der Waals surface area contributed by atoms with Crippen LogP contribution in [-0.4, -0.2) is 6.23 Å². The number of rotatable bonds is 2. The lowest BCUT2D eigenvalue weighted by Gasteiger charge is -2.10. The molecule has 0 saturated carbocycles. The lowest BCUT2D eigenvalue weighted by molar-refractivity contribution is 0.166. The minimum Gasteiger partial charge on any atom is -0.468 e. The van der Waals surface area contributed by atoms with Crippen LogP contribution in [0.25, 0.3) is 5.76 Å². The first-order valence-corrected chi connectivity index (χ1v) is 5.00. The summed E-state index contributed by atoms with van der Waals surface area (Å²) in [6, 6.07) is 10.2. The molecule has 2 rings (SSSR count). The minimum absolute atomic E-state index is 0.144. The van der Waals surface area contributed by atoms with E-state index in [-0.39, 0.29) is 6.23 Å². The SMILES string of the molecule is CCC1NC(C)=C(c2ccccc2)O1. The van der Waals surface area contributed by atoms with Gasteiger partial charge < -0.3 is 10.1 Å². The lowest BCUT2D eigenvalue weighted by Crippen LogP contribution is -2.21. The number of hydrogen-bond donors (Lipinski definition) is 1. The van der Waals surface area contributed by atoms with Crippen LogP contribution in [-0.2, 0) is 4.74 Å². The van der Waals surface area contributed by atoms with Crippen molar-refractivity contribution in [3.63, 3.8) is 0 Å². The minimum atomic E-state index is 0.144. The molecule has 2 nitrogen and oxygen atoms in total. The van der Waals surface area contributed by atoms with E-state index in [0.29, 0.717) is 0 Å². The fraction of sp³-hybridized carbons (Fsp3) is 0.333. The van der Waals surface area contributed by atoms with Crippen molar-refractivity contribution < 1.29 is 4.74 Å². The highest BCUT2D eigenvalue weighted by Crippen LogP contribution is 2.26. The van der Waals surface area contributed by atoms with Gasteiger partial charge >= 0.3 is 0 Å². The third kappa shape index (κ3) is 1.60. The molecular formula is C12H15NO. The molecule has 1 unspecified atom stereocenters. The Morgan fingerprint density at radius 2 is 2.00 bits per heavy atom. The molecule has 2 heteroatoms. The second-order valence-electron chi connectivity index (χ2n) is 3.48. The largest absolute Gasteiger partial charge is 0.468 e. The molecule has 1 aliphatic heterocycles. The number of allylic oxidation sites excluding steroid dienone is 1. The molecule has 1 aromatic rings. The normalized spacial score (nSPS) is 20.6. The fourth-order valence-electron chi connectivity index (χ4n) is 1.63. The maximum Gasteiger partial charge on any atom is 0.169 e. The van der Waals surface area contributed by atoms with Crippen molar-refractivity contribution in [3.05, 3.63) is 41.6 Å². The zero-order valence-electron chi connectivity index (χ0n) is 8.58. The monoisotopic (exact) mass is 189 g/mol. The van der Waals surface area contributed by atoms with E-state index in [1.54, 1.807) is 0 Å². The standard InChI is InChI=1S/C12H15NO/c1-3-11-13-9(2)12(14-11)10-7-5-4-6-8-10/h4-8,11,13H,3H2,1-2H3. The van der Waals surface area contributed by atoms with Gasteiger partial charge in [0.25, 0.3) is 0 Å². The molecule has 0 radical (unpaired) electrons. The molecule has 0 fully saturated rings. The maximum atomic E-state index is 5.78. The number of ether oxygens (including phenoxy) is 1. The van der Waals surface area contributed by atoms with Gasteiger partial charge in [0.05, 0.1) is 5.70 Å². The second kappa shape index (κ2) is 3.74. The Bertz CT molecular complexity index is 343. The van der Waals surface area contributed by atoms with E-state index in [2.05, 4.69) is 31.3 Å². The van der Waals surface area contributed by atoms with Gasteiger partial charge in [-0.2, -0.15) is 0 Å². The topological polar surface area (TPSA) is 21.3 Å². The van der Waals surface area contributed by atoms with Crippen molar-refractivity contribution in [2.24, 2.45) is 0 Å². The smallest absolute Gasteiger partial charge is 0.169 e. The zero-order chi connectivity index (χ0) is 9.97. The molecule has 1 aromatic carbocycles. The van der Waals surface area contributed by atoms with Gasteiger partial charge in [-0.15, -0.1) is 0 Å². The number of nitrogens with one attached hydrogen (secondary N) is 1. The summed E-state index contributed by atoms with van der Waals surface area (Å²) in [5, 5.41) is 3.31. The number of benzene rings is 1. The third-order valence-corrected chi connectivity index (χ3v) is 2.38. The summed E-state index contributed by atoms with van der Waals surface area (Å²) in [6.45, 7) is 4.16. The van der Waals surface area contributed by atoms with E-state index in [1.807, 2.05) is 18.2 Å². The first kappa shape index (κ1) is 9.13. The van der Waals surface area contributed by atoms with E-state index < -0.39 is 0 Å². The Hall–Kier alpha value is -1.44. The summed E-state index contributed by atoms with van der Waals surface area (Å²) in [5.74, 6) is 0.984. The van der Waals surface area contributed by atoms with E-state index in [0.717, 1.165) is 23.4 Å². The summed E-state index contributed by atoms with van der Waals surface area (Å²) >= 11 is 0. The first-order chi connectivity index (χ1) is 6.81. The molecule has 1 aliphatic rings. The second-order valence-corrected chi connectivity index (χ2v) is 3.48. The molecule has 0 aliphatic carbocycles. The Labute approximate surface area is 84.6 Å². The van der Waals surface area contributed by atoms with Crippen LogP contribution in [0.5, 0.6) is 0 Å². The molecule has 1 heterocycles. The molecule has 74 valence electrons. The average Bonchev–Trinajstić information content (AvgIpc) is 2.61. The molecule has 0 spiro atoms. The predicted molar refractivity (Wildman–Crippen MR) is 57.3 cm³/mol. The summed E-state index contributed by atoms with van der Waals surface area (Å²) in [6.07, 6.45) is 1.12. The van der Waals surface area contributed by atoms with Crippen LogP contribution in [0.15, 0.2) is 36.0 Å².